The number of ether oxygens (including phenoxy) is 2. The monoisotopic (exact) mass is 542 g/mol. The van der Waals surface area contributed by atoms with Crippen LogP contribution in [0.2, 0.25) is 0 Å². The van der Waals surface area contributed by atoms with E-state index in [4.69, 9.17) is 9.47 Å². The lowest BCUT2D eigenvalue weighted by molar-refractivity contribution is 0.0848. The van der Waals surface area contributed by atoms with Crippen LogP contribution in [0.3, 0.4) is 0 Å². The Morgan fingerprint density at radius 1 is 0.684 bits per heavy atom. The predicted octanol–water partition coefficient (Wildman–Crippen LogP) is 9.50. The average molecular weight is 543 g/mol. The first-order chi connectivity index (χ1) is 18.6. The van der Waals surface area contributed by atoms with Gasteiger partial charge in [0, 0.05) is 0 Å². The molecule has 2 nitrogen and oxygen atoms in total. The molecule has 5 atom stereocenters. The summed E-state index contributed by atoms with van der Waals surface area (Å²) >= 11 is 0. The summed E-state index contributed by atoms with van der Waals surface area (Å²) in [5, 5.41) is 0. The maximum Gasteiger partial charge on any atom is 0.204 e. The van der Waals surface area contributed by atoms with E-state index >= 15 is 0 Å². The molecule has 0 aromatic heterocycles. The van der Waals surface area contributed by atoms with E-state index in [1.807, 2.05) is 0 Å². The minimum atomic E-state index is -0.998. The first kappa shape index (κ1) is 27.9. The Morgan fingerprint density at radius 3 is 1.92 bits per heavy atom. The van der Waals surface area contributed by atoms with Crippen molar-refractivity contribution in [3.63, 3.8) is 0 Å². The summed E-state index contributed by atoms with van der Waals surface area (Å²) in [4.78, 5) is 0. The second-order valence-corrected chi connectivity index (χ2v) is 13.9. The molecular formula is C33H45F2O2P. The quantitative estimate of drug-likeness (QED) is 0.294. The van der Waals surface area contributed by atoms with E-state index in [9.17, 15) is 8.78 Å². The van der Waals surface area contributed by atoms with Crippen LogP contribution in [0.15, 0.2) is 36.4 Å². The van der Waals surface area contributed by atoms with E-state index in [2.05, 4.69) is 31.2 Å². The highest BCUT2D eigenvalue weighted by atomic mass is 31.1. The first-order valence-electron chi connectivity index (χ1n) is 15.1. The third-order valence-corrected chi connectivity index (χ3v) is 11.3. The fourth-order valence-corrected chi connectivity index (χ4v) is 9.11. The Morgan fingerprint density at radius 2 is 1.26 bits per heavy atom. The van der Waals surface area contributed by atoms with Gasteiger partial charge >= 0.3 is 0 Å². The van der Waals surface area contributed by atoms with Gasteiger partial charge < -0.3 is 9.47 Å². The van der Waals surface area contributed by atoms with E-state index in [-0.39, 0.29) is 24.7 Å². The maximum absolute atomic E-state index is 14.3. The summed E-state index contributed by atoms with van der Waals surface area (Å²) in [6, 6.07) is 11.4. The van der Waals surface area contributed by atoms with E-state index < -0.39 is 11.6 Å². The third kappa shape index (κ3) is 6.55. The number of fused-ring (bicyclic) bond motifs is 1. The summed E-state index contributed by atoms with van der Waals surface area (Å²) in [5.41, 5.74) is 3.41. The van der Waals surface area contributed by atoms with Gasteiger partial charge in [0.05, 0.1) is 6.61 Å². The molecule has 2 aromatic rings. The van der Waals surface area contributed by atoms with Crippen molar-refractivity contribution in [3.05, 3.63) is 59.2 Å². The van der Waals surface area contributed by atoms with Gasteiger partial charge in [-0.3, -0.25) is 0 Å². The van der Waals surface area contributed by atoms with Crippen LogP contribution in [0, 0.1) is 35.3 Å². The molecule has 0 spiro atoms. The summed E-state index contributed by atoms with van der Waals surface area (Å²) < 4.78 is 39.1. The number of hydrogen-bond donors (Lipinski definition) is 0. The Bertz CT molecular complexity index is 1030. The molecule has 3 aliphatic rings. The molecule has 3 saturated carbocycles. The molecule has 5 heteroatoms. The molecule has 0 heterocycles. The molecule has 0 saturated heterocycles. The zero-order valence-corrected chi connectivity index (χ0v) is 24.2. The van der Waals surface area contributed by atoms with Crippen molar-refractivity contribution in [2.24, 2.45) is 23.7 Å². The van der Waals surface area contributed by atoms with Crippen LogP contribution in [0.5, 0.6) is 11.5 Å². The highest BCUT2D eigenvalue weighted by Gasteiger charge is 2.38. The van der Waals surface area contributed by atoms with Crippen molar-refractivity contribution in [1.82, 2.24) is 0 Å². The Balaban J connectivity index is 1.08. The third-order valence-electron chi connectivity index (χ3n) is 9.74. The molecule has 0 bridgehead atoms. The van der Waals surface area contributed by atoms with Gasteiger partial charge in [0.15, 0.2) is 11.5 Å². The van der Waals surface area contributed by atoms with Gasteiger partial charge in [-0.2, -0.15) is 8.78 Å². The number of hydrogen-bond acceptors (Lipinski definition) is 2. The maximum atomic E-state index is 14.3. The number of benzene rings is 2. The normalized spacial score (nSPS) is 29.8. The molecule has 0 radical (unpaired) electrons. The van der Waals surface area contributed by atoms with Crippen molar-refractivity contribution >= 4 is 8.58 Å². The van der Waals surface area contributed by atoms with E-state index in [0.29, 0.717) is 5.92 Å². The molecule has 3 fully saturated rings. The molecule has 2 aromatic carbocycles. The van der Waals surface area contributed by atoms with Gasteiger partial charge in [-0.05, 0) is 136 Å². The second-order valence-electron chi connectivity index (χ2n) is 11.9. The summed E-state index contributed by atoms with van der Waals surface area (Å²) in [6.45, 7) is 4.59. The van der Waals surface area contributed by atoms with Crippen molar-refractivity contribution in [1.29, 1.82) is 0 Å². The standard InChI is InChI=1S/C33H45F2O2P/c1-3-36-30-17-18-31(33(35)32(30)34)37-21-22-5-7-23(8-6-22)24-9-11-25(12-10-24)26-13-14-28-20-29(38-4-2)16-15-27(28)19-26/h5-8,17-18,24-29,38H,3-4,9-16,19-21H2,1-2H3. The van der Waals surface area contributed by atoms with E-state index in [1.54, 1.807) is 6.92 Å². The molecule has 208 valence electrons. The molecule has 0 amide bonds. The number of halogens is 2. The molecule has 3 aliphatic carbocycles. The fraction of sp³-hybridized carbons (Fsp3) is 0.636. The highest BCUT2D eigenvalue weighted by molar-refractivity contribution is 7.38. The van der Waals surface area contributed by atoms with Crippen molar-refractivity contribution in [3.8, 4) is 11.5 Å². The first-order valence-corrected chi connectivity index (χ1v) is 16.4. The minimum Gasteiger partial charge on any atom is -0.491 e. The van der Waals surface area contributed by atoms with Crippen molar-refractivity contribution in [2.75, 3.05) is 12.8 Å². The molecule has 0 aliphatic heterocycles. The smallest absolute Gasteiger partial charge is 0.204 e. The second kappa shape index (κ2) is 13.1. The van der Waals surface area contributed by atoms with Crippen LogP contribution >= 0.6 is 8.58 Å². The summed E-state index contributed by atoms with van der Waals surface area (Å²) in [6.07, 6.45) is 15.7. The Labute approximate surface area is 230 Å². The summed E-state index contributed by atoms with van der Waals surface area (Å²) in [7, 11) is 1.20. The topological polar surface area (TPSA) is 18.5 Å². The number of rotatable bonds is 9. The average Bonchev–Trinajstić information content (AvgIpc) is 2.95. The molecule has 0 N–H and O–H groups in total. The van der Waals surface area contributed by atoms with Gasteiger partial charge in [-0.1, -0.05) is 31.2 Å². The molecule has 5 rings (SSSR count). The van der Waals surface area contributed by atoms with Gasteiger partial charge in [-0.15, -0.1) is 8.58 Å². The lowest BCUT2D eigenvalue weighted by Crippen LogP contribution is -2.35. The van der Waals surface area contributed by atoms with Crippen LogP contribution in [-0.2, 0) is 6.61 Å². The van der Waals surface area contributed by atoms with Crippen LogP contribution in [0.4, 0.5) is 8.78 Å². The molecular weight excluding hydrogens is 497 g/mol. The zero-order chi connectivity index (χ0) is 26.5. The van der Waals surface area contributed by atoms with E-state index in [1.165, 1.54) is 96.6 Å². The van der Waals surface area contributed by atoms with Gasteiger partial charge in [-0.25, -0.2) is 0 Å². The van der Waals surface area contributed by atoms with Gasteiger partial charge in [0.1, 0.15) is 6.61 Å². The van der Waals surface area contributed by atoms with Crippen LogP contribution < -0.4 is 9.47 Å². The molecule has 38 heavy (non-hydrogen) atoms. The van der Waals surface area contributed by atoms with E-state index in [0.717, 1.165) is 34.9 Å². The fourth-order valence-electron chi connectivity index (χ4n) is 7.69. The van der Waals surface area contributed by atoms with Crippen molar-refractivity contribution in [2.45, 2.75) is 96.2 Å². The lowest BCUT2D eigenvalue weighted by atomic mass is 9.62. The van der Waals surface area contributed by atoms with Crippen LogP contribution in [0.25, 0.3) is 0 Å². The lowest BCUT2D eigenvalue weighted by Gasteiger charge is -2.45. The summed E-state index contributed by atoms with van der Waals surface area (Å²) in [5.74, 6) is 2.43. The van der Waals surface area contributed by atoms with Gasteiger partial charge in [0.2, 0.25) is 11.6 Å². The Hall–Kier alpha value is -1.67. The van der Waals surface area contributed by atoms with Gasteiger partial charge in [0.25, 0.3) is 0 Å². The minimum absolute atomic E-state index is 0.0843. The largest absolute Gasteiger partial charge is 0.491 e. The molecule has 5 unspecified atom stereocenters. The predicted molar refractivity (Wildman–Crippen MR) is 154 cm³/mol. The SMILES string of the molecule is CCOc1ccc(OCc2ccc(C3CCC(C4CCC5CC(PCC)CCC5C4)CC3)cc2)c(F)c1F. The highest BCUT2D eigenvalue weighted by Crippen LogP contribution is 2.51. The van der Waals surface area contributed by atoms with Crippen LogP contribution in [0.1, 0.15) is 95.1 Å². The Kier molecular flexibility index (Phi) is 9.63. The van der Waals surface area contributed by atoms with Crippen molar-refractivity contribution < 1.29 is 18.3 Å². The van der Waals surface area contributed by atoms with Crippen LogP contribution in [-0.4, -0.2) is 18.4 Å². The zero-order valence-electron chi connectivity index (χ0n) is 23.2.